The van der Waals surface area contributed by atoms with Gasteiger partial charge in [0.25, 0.3) is 5.91 Å². The third-order valence-electron chi connectivity index (χ3n) is 1.99. The Morgan fingerprint density at radius 3 is 3.14 bits per heavy atom. The predicted octanol–water partition coefficient (Wildman–Crippen LogP) is -0.520. The number of amides is 1. The van der Waals surface area contributed by atoms with Crippen molar-refractivity contribution in [3.8, 4) is 0 Å². The van der Waals surface area contributed by atoms with Crippen molar-refractivity contribution in [2.24, 2.45) is 0 Å². The minimum Gasteiger partial charge on any atom is -0.334 e. The Hall–Kier alpha value is -1.05. The van der Waals surface area contributed by atoms with Gasteiger partial charge in [0, 0.05) is 6.04 Å². The van der Waals surface area contributed by atoms with Gasteiger partial charge in [-0.1, -0.05) is 0 Å². The molecule has 2 rings (SSSR count). The van der Waals surface area contributed by atoms with E-state index in [2.05, 4.69) is 24.9 Å². The van der Waals surface area contributed by atoms with Gasteiger partial charge in [0.1, 0.15) is 0 Å². The first kappa shape index (κ1) is 9.50. The lowest BCUT2D eigenvalue weighted by atomic mass is 10.2. The molecule has 6 nitrogen and oxygen atoms in total. The van der Waals surface area contributed by atoms with Gasteiger partial charge in [-0.3, -0.25) is 10.2 Å². The largest absolute Gasteiger partial charge is 0.334 e. The monoisotopic (exact) mass is 213 g/mol. The summed E-state index contributed by atoms with van der Waals surface area (Å²) in [4.78, 5) is 11.5. The maximum absolute atomic E-state index is 11.5. The molecule has 7 heteroatoms. The molecule has 0 saturated carbocycles. The standard InChI is InChI=1S/C7H11N5OS/c1-4-2-6(11-10-4)9-7(13)5-3-8-14-12-5/h3-4,6,10-11H,2H2,1H3,(H,9,13). The number of nitrogens with one attached hydrogen (secondary N) is 3. The summed E-state index contributed by atoms with van der Waals surface area (Å²) >= 11 is 1.03. The molecule has 1 aromatic heterocycles. The second-order valence-electron chi connectivity index (χ2n) is 3.24. The molecule has 0 aromatic carbocycles. The Morgan fingerprint density at radius 2 is 2.57 bits per heavy atom. The van der Waals surface area contributed by atoms with Gasteiger partial charge in [0.15, 0.2) is 5.69 Å². The molecule has 0 radical (unpaired) electrons. The SMILES string of the molecule is CC1CC(NC(=O)c2cnsn2)NN1. The fraction of sp³-hybridized carbons (Fsp3) is 0.571. The summed E-state index contributed by atoms with van der Waals surface area (Å²) in [6.07, 6.45) is 2.30. The summed E-state index contributed by atoms with van der Waals surface area (Å²) in [5.41, 5.74) is 6.37. The highest BCUT2D eigenvalue weighted by molar-refractivity contribution is 6.99. The molecule has 3 N–H and O–H groups in total. The molecular weight excluding hydrogens is 202 g/mol. The zero-order valence-corrected chi connectivity index (χ0v) is 8.47. The highest BCUT2D eigenvalue weighted by Gasteiger charge is 2.22. The Morgan fingerprint density at radius 1 is 1.71 bits per heavy atom. The summed E-state index contributed by atoms with van der Waals surface area (Å²) in [6.45, 7) is 2.05. The molecule has 2 atom stereocenters. The normalized spacial score (nSPS) is 26.4. The second kappa shape index (κ2) is 3.99. The van der Waals surface area contributed by atoms with E-state index in [9.17, 15) is 4.79 Å². The van der Waals surface area contributed by atoms with Crippen LogP contribution in [0.3, 0.4) is 0 Å². The number of carbonyl (C=O) groups excluding carboxylic acids is 1. The summed E-state index contributed by atoms with van der Waals surface area (Å²) in [6, 6.07) is 0.369. The van der Waals surface area contributed by atoms with Gasteiger partial charge in [0.05, 0.1) is 24.1 Å². The number of nitrogens with zero attached hydrogens (tertiary/aromatic N) is 2. The molecule has 2 unspecified atom stereocenters. The molecule has 1 aliphatic rings. The quantitative estimate of drug-likeness (QED) is 0.616. The summed E-state index contributed by atoms with van der Waals surface area (Å²) in [5.74, 6) is -0.188. The highest BCUT2D eigenvalue weighted by Crippen LogP contribution is 2.02. The van der Waals surface area contributed by atoms with Crippen molar-refractivity contribution < 1.29 is 4.79 Å². The molecule has 1 amide bonds. The van der Waals surface area contributed by atoms with Crippen LogP contribution in [0.15, 0.2) is 6.20 Å². The zero-order chi connectivity index (χ0) is 9.97. The summed E-state index contributed by atoms with van der Waals surface area (Å²) < 4.78 is 7.61. The van der Waals surface area contributed by atoms with Crippen LogP contribution in [0.5, 0.6) is 0 Å². The van der Waals surface area contributed by atoms with Crippen LogP contribution in [-0.4, -0.2) is 26.9 Å². The van der Waals surface area contributed by atoms with Crippen molar-refractivity contribution >= 4 is 17.6 Å². The van der Waals surface area contributed by atoms with E-state index in [-0.39, 0.29) is 12.1 Å². The van der Waals surface area contributed by atoms with Crippen LogP contribution in [0, 0.1) is 0 Å². The van der Waals surface area contributed by atoms with Gasteiger partial charge in [-0.05, 0) is 13.3 Å². The molecule has 76 valence electrons. The highest BCUT2D eigenvalue weighted by atomic mass is 32.1. The maximum atomic E-state index is 11.5. The van der Waals surface area contributed by atoms with E-state index in [0.29, 0.717) is 11.7 Å². The molecule has 0 spiro atoms. The Labute approximate surface area is 85.4 Å². The zero-order valence-electron chi connectivity index (χ0n) is 7.65. The smallest absolute Gasteiger partial charge is 0.273 e. The molecule has 0 aliphatic carbocycles. The summed E-state index contributed by atoms with van der Waals surface area (Å²) in [5, 5.41) is 2.80. The lowest BCUT2D eigenvalue weighted by Gasteiger charge is -2.09. The van der Waals surface area contributed by atoms with Crippen LogP contribution in [0.4, 0.5) is 0 Å². The number of hydrazine groups is 1. The molecule has 1 saturated heterocycles. The van der Waals surface area contributed by atoms with Crippen LogP contribution in [0.1, 0.15) is 23.8 Å². The van der Waals surface area contributed by atoms with Crippen molar-refractivity contribution in [3.05, 3.63) is 11.9 Å². The van der Waals surface area contributed by atoms with E-state index in [1.54, 1.807) is 0 Å². The van der Waals surface area contributed by atoms with Crippen LogP contribution >= 0.6 is 11.7 Å². The van der Waals surface area contributed by atoms with E-state index in [4.69, 9.17) is 0 Å². The fourth-order valence-electron chi connectivity index (χ4n) is 1.31. The topological polar surface area (TPSA) is 78.9 Å². The second-order valence-corrected chi connectivity index (χ2v) is 3.80. The third-order valence-corrected chi connectivity index (χ3v) is 2.47. The van der Waals surface area contributed by atoms with E-state index in [1.807, 2.05) is 6.92 Å². The first-order valence-electron chi connectivity index (χ1n) is 4.35. The van der Waals surface area contributed by atoms with E-state index in [0.717, 1.165) is 18.1 Å². The Balaban J connectivity index is 1.89. The van der Waals surface area contributed by atoms with E-state index >= 15 is 0 Å². The number of hydrogen-bond acceptors (Lipinski definition) is 6. The van der Waals surface area contributed by atoms with Gasteiger partial charge in [-0.25, -0.2) is 5.43 Å². The number of aromatic nitrogens is 2. The van der Waals surface area contributed by atoms with Crippen LogP contribution in [-0.2, 0) is 0 Å². The predicted molar refractivity (Wildman–Crippen MR) is 51.5 cm³/mol. The Bertz CT molecular complexity index is 314. The average molecular weight is 213 g/mol. The first-order valence-corrected chi connectivity index (χ1v) is 5.08. The van der Waals surface area contributed by atoms with Gasteiger partial charge >= 0.3 is 0 Å². The number of hydrogen-bond donors (Lipinski definition) is 3. The van der Waals surface area contributed by atoms with Crippen LogP contribution in [0.25, 0.3) is 0 Å². The van der Waals surface area contributed by atoms with Crippen molar-refractivity contribution in [2.45, 2.75) is 25.6 Å². The molecule has 1 fully saturated rings. The molecule has 14 heavy (non-hydrogen) atoms. The molecular formula is C7H11N5OS. The summed E-state index contributed by atoms with van der Waals surface area (Å²) in [7, 11) is 0. The first-order chi connectivity index (χ1) is 6.75. The van der Waals surface area contributed by atoms with E-state index in [1.165, 1.54) is 6.20 Å². The van der Waals surface area contributed by atoms with Gasteiger partial charge < -0.3 is 5.32 Å². The lowest BCUT2D eigenvalue weighted by molar-refractivity contribution is 0.0928. The molecule has 1 aromatic rings. The fourth-order valence-corrected chi connectivity index (χ4v) is 1.72. The maximum Gasteiger partial charge on any atom is 0.273 e. The lowest BCUT2D eigenvalue weighted by Crippen LogP contribution is -2.44. The molecule has 0 bridgehead atoms. The third kappa shape index (κ3) is 2.06. The van der Waals surface area contributed by atoms with Crippen molar-refractivity contribution in [2.75, 3.05) is 0 Å². The number of carbonyl (C=O) groups is 1. The minimum atomic E-state index is -0.188. The Kier molecular flexibility index (Phi) is 2.71. The molecule has 2 heterocycles. The number of rotatable bonds is 2. The van der Waals surface area contributed by atoms with Gasteiger partial charge in [-0.15, -0.1) is 0 Å². The average Bonchev–Trinajstić information content (AvgIpc) is 2.75. The van der Waals surface area contributed by atoms with Crippen LogP contribution in [0.2, 0.25) is 0 Å². The van der Waals surface area contributed by atoms with Crippen molar-refractivity contribution in [1.82, 2.24) is 24.9 Å². The van der Waals surface area contributed by atoms with Crippen molar-refractivity contribution in [1.29, 1.82) is 0 Å². The van der Waals surface area contributed by atoms with E-state index < -0.39 is 0 Å². The van der Waals surface area contributed by atoms with Gasteiger partial charge in [0.2, 0.25) is 0 Å². The minimum absolute atomic E-state index is 0.0285. The van der Waals surface area contributed by atoms with Crippen LogP contribution < -0.4 is 16.2 Å². The van der Waals surface area contributed by atoms with Gasteiger partial charge in [-0.2, -0.15) is 8.75 Å². The van der Waals surface area contributed by atoms with Crippen molar-refractivity contribution in [3.63, 3.8) is 0 Å². The molecule has 1 aliphatic heterocycles.